The molecule has 0 bridgehead atoms. The van der Waals surface area contributed by atoms with Crippen LogP contribution in [0.5, 0.6) is 0 Å². The van der Waals surface area contributed by atoms with Gasteiger partial charge >= 0.3 is 5.97 Å². The monoisotopic (exact) mass is 500 g/mol. The van der Waals surface area contributed by atoms with Gasteiger partial charge in [0.15, 0.2) is 5.56 Å². The number of pyridine rings is 1. The van der Waals surface area contributed by atoms with Gasteiger partial charge in [0.1, 0.15) is 5.54 Å². The average Bonchev–Trinajstić information content (AvgIpc) is 3.54. The lowest BCUT2D eigenvalue weighted by molar-refractivity contribution is 0.0697. The van der Waals surface area contributed by atoms with Crippen LogP contribution in [0.2, 0.25) is 0 Å². The Kier molecular flexibility index (Phi) is 5.73. The Morgan fingerprint density at radius 3 is 1.82 bits per heavy atom. The zero-order chi connectivity index (χ0) is 26.1. The van der Waals surface area contributed by atoms with Crippen molar-refractivity contribution < 1.29 is 9.90 Å². The lowest BCUT2D eigenvalue weighted by Gasteiger charge is -2.37. The van der Waals surface area contributed by atoms with Crippen molar-refractivity contribution >= 4 is 11.5 Å². The minimum Gasteiger partial charge on any atom is -0.477 e. The summed E-state index contributed by atoms with van der Waals surface area (Å²) >= 11 is 0. The van der Waals surface area contributed by atoms with Gasteiger partial charge in [-0.05, 0) is 28.8 Å². The van der Waals surface area contributed by atoms with Gasteiger partial charge in [0.25, 0.3) is 5.56 Å². The zero-order valence-corrected chi connectivity index (χ0v) is 20.4. The van der Waals surface area contributed by atoms with E-state index < -0.39 is 17.1 Å². The number of rotatable bonds is 7. The molecule has 0 radical (unpaired) electrons. The number of aromatic nitrogens is 4. The summed E-state index contributed by atoms with van der Waals surface area (Å²) in [6, 6.07) is 35.8. The van der Waals surface area contributed by atoms with Crippen LogP contribution >= 0.6 is 0 Å². The number of imidazole rings is 1. The first-order valence-corrected chi connectivity index (χ1v) is 12.2. The second-order valence-electron chi connectivity index (χ2n) is 9.05. The smallest absolute Gasteiger partial charge is 0.343 e. The fourth-order valence-electron chi connectivity index (χ4n) is 5.30. The fourth-order valence-corrected chi connectivity index (χ4v) is 5.30. The molecule has 1 N–H and O–H groups in total. The van der Waals surface area contributed by atoms with E-state index in [9.17, 15) is 14.7 Å². The second-order valence-corrected chi connectivity index (χ2v) is 9.05. The average molecular weight is 501 g/mol. The minimum absolute atomic E-state index is 0.110. The van der Waals surface area contributed by atoms with Crippen LogP contribution in [0.4, 0.5) is 0 Å². The first-order valence-electron chi connectivity index (χ1n) is 12.2. The molecule has 3 heterocycles. The number of benzene rings is 3. The minimum atomic E-state index is -1.25. The molecule has 3 aromatic carbocycles. The summed E-state index contributed by atoms with van der Waals surface area (Å²) in [6.07, 6.45) is 5.39. The van der Waals surface area contributed by atoms with E-state index in [1.807, 2.05) is 60.8 Å². The zero-order valence-electron chi connectivity index (χ0n) is 20.4. The summed E-state index contributed by atoms with van der Waals surface area (Å²) in [5.74, 6) is -1.25. The highest BCUT2D eigenvalue weighted by Crippen LogP contribution is 2.40. The molecule has 0 aliphatic rings. The van der Waals surface area contributed by atoms with Crippen molar-refractivity contribution in [3.63, 3.8) is 0 Å². The number of carbonyl (C=O) groups is 1. The van der Waals surface area contributed by atoms with E-state index in [0.717, 1.165) is 16.7 Å². The molecule has 6 rings (SSSR count). The van der Waals surface area contributed by atoms with Gasteiger partial charge in [0, 0.05) is 12.4 Å². The molecule has 7 nitrogen and oxygen atoms in total. The third kappa shape index (κ3) is 3.64. The number of aromatic carboxylic acids is 1. The first kappa shape index (κ1) is 23.2. The van der Waals surface area contributed by atoms with Crippen molar-refractivity contribution in [2.24, 2.45) is 0 Å². The Bertz CT molecular complexity index is 1690. The van der Waals surface area contributed by atoms with E-state index in [0.29, 0.717) is 11.2 Å². The van der Waals surface area contributed by atoms with Gasteiger partial charge in [-0.1, -0.05) is 97.1 Å². The van der Waals surface area contributed by atoms with E-state index in [-0.39, 0.29) is 12.1 Å². The van der Waals surface area contributed by atoms with Gasteiger partial charge in [-0.25, -0.2) is 14.5 Å². The summed E-state index contributed by atoms with van der Waals surface area (Å²) in [4.78, 5) is 29.7. The number of carboxylic acids is 1. The maximum Gasteiger partial charge on any atom is 0.343 e. The Balaban J connectivity index is 1.55. The van der Waals surface area contributed by atoms with Gasteiger partial charge < -0.3 is 9.67 Å². The molecule has 0 spiro atoms. The highest BCUT2D eigenvalue weighted by molar-refractivity contribution is 5.95. The Morgan fingerprint density at radius 1 is 0.763 bits per heavy atom. The SMILES string of the molecule is O=C(O)c1c(=O)n(Cc2cn(C(c3ccccc3)(c3ccccc3)c3ccccc3)cn2)n2ccccc12. The Labute approximate surface area is 218 Å². The Morgan fingerprint density at radius 2 is 1.29 bits per heavy atom. The van der Waals surface area contributed by atoms with Crippen molar-refractivity contribution in [3.8, 4) is 0 Å². The standard InChI is InChI=1S/C31H24N4O3/c36-29-28(30(37)38)27-18-10-11-19-34(27)35(29)21-26-20-33(22-32-26)31(23-12-4-1-5-13-23,24-14-6-2-7-15-24)25-16-8-3-9-17-25/h1-20,22H,21H2,(H,37,38). The molecule has 0 unspecified atom stereocenters. The van der Waals surface area contributed by atoms with E-state index in [1.165, 1.54) is 4.68 Å². The normalized spacial score (nSPS) is 11.6. The predicted octanol–water partition coefficient (Wildman–Crippen LogP) is 4.88. The van der Waals surface area contributed by atoms with Crippen LogP contribution in [-0.2, 0) is 12.1 Å². The molecule has 0 saturated carbocycles. The molecule has 0 amide bonds. The molecule has 3 aromatic heterocycles. The van der Waals surface area contributed by atoms with E-state index in [2.05, 4.69) is 41.0 Å². The number of carboxylic acid groups (broad SMARTS) is 1. The highest BCUT2D eigenvalue weighted by Gasteiger charge is 2.38. The van der Waals surface area contributed by atoms with Crippen molar-refractivity contribution in [2.75, 3.05) is 0 Å². The summed E-state index contributed by atoms with van der Waals surface area (Å²) in [6.45, 7) is 0.110. The van der Waals surface area contributed by atoms with Crippen molar-refractivity contribution in [1.29, 1.82) is 0 Å². The van der Waals surface area contributed by atoms with E-state index in [1.54, 1.807) is 35.2 Å². The quantitative estimate of drug-likeness (QED) is 0.317. The summed E-state index contributed by atoms with van der Waals surface area (Å²) in [5.41, 5.74) is 2.58. The van der Waals surface area contributed by atoms with Crippen LogP contribution in [0.3, 0.4) is 0 Å². The van der Waals surface area contributed by atoms with Gasteiger partial charge in [-0.15, -0.1) is 0 Å². The van der Waals surface area contributed by atoms with E-state index >= 15 is 0 Å². The van der Waals surface area contributed by atoms with E-state index in [4.69, 9.17) is 4.98 Å². The number of hydrogen-bond acceptors (Lipinski definition) is 3. The fraction of sp³-hybridized carbons (Fsp3) is 0.0645. The third-order valence-electron chi connectivity index (χ3n) is 6.93. The van der Waals surface area contributed by atoms with Crippen LogP contribution in [0.25, 0.3) is 5.52 Å². The molecule has 6 aromatic rings. The van der Waals surface area contributed by atoms with Crippen LogP contribution in [0.1, 0.15) is 32.7 Å². The van der Waals surface area contributed by atoms with Gasteiger partial charge in [-0.2, -0.15) is 0 Å². The number of fused-ring (bicyclic) bond motifs is 1. The first-order chi connectivity index (χ1) is 18.6. The van der Waals surface area contributed by atoms with Crippen LogP contribution < -0.4 is 5.56 Å². The molecule has 0 fully saturated rings. The lowest BCUT2D eigenvalue weighted by Crippen LogP contribution is -2.37. The van der Waals surface area contributed by atoms with Crippen molar-refractivity contribution in [3.05, 3.63) is 166 Å². The van der Waals surface area contributed by atoms with Crippen LogP contribution in [0.15, 0.2) is 133 Å². The molecule has 0 aliphatic carbocycles. The second kappa shape index (κ2) is 9.37. The predicted molar refractivity (Wildman–Crippen MR) is 145 cm³/mol. The van der Waals surface area contributed by atoms with Crippen LogP contribution in [-0.4, -0.2) is 29.8 Å². The van der Waals surface area contributed by atoms with Crippen molar-refractivity contribution in [2.45, 2.75) is 12.1 Å². The van der Waals surface area contributed by atoms with Crippen LogP contribution in [0, 0.1) is 0 Å². The maximum absolute atomic E-state index is 13.1. The highest BCUT2D eigenvalue weighted by atomic mass is 16.4. The summed E-state index contributed by atoms with van der Waals surface area (Å²) in [7, 11) is 0. The molecular weight excluding hydrogens is 476 g/mol. The molecular formula is C31H24N4O3. The maximum atomic E-state index is 13.1. The van der Waals surface area contributed by atoms with Gasteiger partial charge in [0.2, 0.25) is 0 Å². The number of nitrogens with zero attached hydrogens (tertiary/aromatic N) is 4. The summed E-state index contributed by atoms with van der Waals surface area (Å²) in [5, 5.41) is 9.69. The molecule has 0 atom stereocenters. The molecule has 7 heteroatoms. The van der Waals surface area contributed by atoms with Crippen molar-refractivity contribution in [1.82, 2.24) is 18.7 Å². The third-order valence-corrected chi connectivity index (χ3v) is 6.93. The van der Waals surface area contributed by atoms with Gasteiger partial charge in [-0.3, -0.25) is 9.31 Å². The largest absolute Gasteiger partial charge is 0.477 e. The Hall–Kier alpha value is -5.17. The molecule has 38 heavy (non-hydrogen) atoms. The molecule has 186 valence electrons. The molecule has 0 saturated heterocycles. The molecule has 0 aliphatic heterocycles. The summed E-state index contributed by atoms with van der Waals surface area (Å²) < 4.78 is 5.05. The topological polar surface area (TPSA) is 81.5 Å². The van der Waals surface area contributed by atoms with Gasteiger partial charge in [0.05, 0.1) is 24.1 Å². The number of hydrogen-bond donors (Lipinski definition) is 1. The lowest BCUT2D eigenvalue weighted by atomic mass is 9.77.